The van der Waals surface area contributed by atoms with Crippen LogP contribution in [-0.2, 0) is 14.3 Å². The van der Waals surface area contributed by atoms with E-state index in [0.29, 0.717) is 23.8 Å². The number of amidine groups is 1. The van der Waals surface area contributed by atoms with Gasteiger partial charge in [0.1, 0.15) is 5.25 Å². The van der Waals surface area contributed by atoms with Crippen molar-refractivity contribution in [2.45, 2.75) is 50.2 Å². The fourth-order valence-corrected chi connectivity index (χ4v) is 5.20. The zero-order chi connectivity index (χ0) is 22.3. The fourth-order valence-electron chi connectivity index (χ4n) is 4.08. The minimum absolute atomic E-state index is 0.0734. The smallest absolute Gasteiger partial charge is 0.338 e. The number of hydrogen-bond donors (Lipinski definition) is 1. The van der Waals surface area contributed by atoms with Gasteiger partial charge in [0.05, 0.1) is 12.2 Å². The van der Waals surface area contributed by atoms with Crippen molar-refractivity contribution in [3.8, 4) is 0 Å². The van der Waals surface area contributed by atoms with Crippen molar-refractivity contribution < 1.29 is 19.1 Å². The van der Waals surface area contributed by atoms with Gasteiger partial charge in [-0.15, -0.1) is 0 Å². The normalized spacial score (nSPS) is 23.1. The van der Waals surface area contributed by atoms with E-state index in [4.69, 9.17) is 4.74 Å². The highest BCUT2D eigenvalue weighted by Crippen LogP contribution is 2.29. The Kier molecular flexibility index (Phi) is 7.63. The second-order valence-corrected chi connectivity index (χ2v) is 9.64. The summed E-state index contributed by atoms with van der Waals surface area (Å²) in [5.74, 6) is -0.449. The van der Waals surface area contributed by atoms with Gasteiger partial charge in [-0.25, -0.2) is 4.79 Å². The highest BCUT2D eigenvalue weighted by atomic mass is 32.2. The molecular formula is C24H29N3O4S. The van der Waals surface area contributed by atoms with Crippen LogP contribution in [0.3, 0.4) is 0 Å². The number of benzene rings is 1. The highest BCUT2D eigenvalue weighted by Gasteiger charge is 2.33. The van der Waals surface area contributed by atoms with Gasteiger partial charge in [-0.1, -0.05) is 23.9 Å². The number of nitrogens with zero attached hydrogens (tertiary/aromatic N) is 2. The molecule has 2 aliphatic heterocycles. The molecule has 1 N–H and O–H groups in total. The molecule has 32 heavy (non-hydrogen) atoms. The van der Waals surface area contributed by atoms with Gasteiger partial charge in [0.2, 0.25) is 5.91 Å². The molecule has 0 radical (unpaired) electrons. The minimum Gasteiger partial charge on any atom is -0.462 e. The van der Waals surface area contributed by atoms with Crippen molar-refractivity contribution in [3.63, 3.8) is 0 Å². The largest absolute Gasteiger partial charge is 0.462 e. The lowest BCUT2D eigenvalue weighted by molar-refractivity contribution is -0.121. The molecule has 1 aromatic carbocycles. The Morgan fingerprint density at radius 3 is 2.62 bits per heavy atom. The molecular weight excluding hydrogens is 426 g/mol. The van der Waals surface area contributed by atoms with Crippen LogP contribution in [0.5, 0.6) is 0 Å². The summed E-state index contributed by atoms with van der Waals surface area (Å²) >= 11 is 1.39. The van der Waals surface area contributed by atoms with E-state index >= 15 is 0 Å². The number of amides is 2. The maximum atomic E-state index is 12.5. The second kappa shape index (κ2) is 10.8. The summed E-state index contributed by atoms with van der Waals surface area (Å²) in [5.41, 5.74) is 1.03. The SMILES string of the molecule is O=C(CC1SC(N2CCCCC2)=NC1=O)Nc1ccc(C(=O)OCC2CC=CCC2)cc1. The number of piperidine rings is 1. The lowest BCUT2D eigenvalue weighted by Gasteiger charge is -2.27. The van der Waals surface area contributed by atoms with Crippen LogP contribution in [0.15, 0.2) is 41.4 Å². The third-order valence-electron chi connectivity index (χ3n) is 5.96. The number of thioether (sulfide) groups is 1. The van der Waals surface area contributed by atoms with E-state index < -0.39 is 5.25 Å². The topological polar surface area (TPSA) is 88.1 Å². The lowest BCUT2D eigenvalue weighted by atomic mass is 9.95. The Labute approximate surface area is 192 Å². The number of hydrogen-bond acceptors (Lipinski definition) is 6. The zero-order valence-electron chi connectivity index (χ0n) is 18.1. The number of aliphatic imine (C=N–C) groups is 1. The summed E-state index contributed by atoms with van der Waals surface area (Å²) in [7, 11) is 0. The predicted octanol–water partition coefficient (Wildman–Crippen LogP) is 4.01. The third kappa shape index (κ3) is 6.00. The average molecular weight is 456 g/mol. The fraction of sp³-hybridized carbons (Fsp3) is 0.500. The summed E-state index contributed by atoms with van der Waals surface area (Å²) < 4.78 is 5.43. The monoisotopic (exact) mass is 455 g/mol. The number of carbonyl (C=O) groups is 3. The Hall–Kier alpha value is -2.61. The van der Waals surface area contributed by atoms with Crippen LogP contribution in [0.1, 0.15) is 55.3 Å². The molecule has 7 nitrogen and oxygen atoms in total. The maximum absolute atomic E-state index is 12.5. The molecule has 2 amide bonds. The van der Waals surface area contributed by atoms with Gasteiger partial charge in [0.25, 0.3) is 5.91 Å². The van der Waals surface area contributed by atoms with Crippen LogP contribution in [-0.4, -0.2) is 52.8 Å². The van der Waals surface area contributed by atoms with Gasteiger partial charge in [-0.3, -0.25) is 9.59 Å². The standard InChI is InChI=1S/C24H29N3O4S/c28-21(15-20-22(29)26-24(32-20)27-13-5-2-6-14-27)25-19-11-9-18(10-12-19)23(30)31-16-17-7-3-1-4-8-17/h1,3,9-12,17,20H,2,4-8,13-16H2,(H,25,28). The van der Waals surface area contributed by atoms with Gasteiger partial charge >= 0.3 is 5.97 Å². The number of ether oxygens (including phenoxy) is 1. The molecule has 1 fully saturated rings. The van der Waals surface area contributed by atoms with Crippen LogP contribution >= 0.6 is 11.8 Å². The summed E-state index contributed by atoms with van der Waals surface area (Å²) in [6, 6.07) is 6.64. The number of nitrogens with one attached hydrogen (secondary N) is 1. The van der Waals surface area contributed by atoms with Crippen molar-refractivity contribution in [2.75, 3.05) is 25.0 Å². The van der Waals surface area contributed by atoms with E-state index in [1.54, 1.807) is 24.3 Å². The van der Waals surface area contributed by atoms with Gasteiger partial charge < -0.3 is 15.0 Å². The molecule has 0 saturated carbocycles. The summed E-state index contributed by atoms with van der Waals surface area (Å²) in [4.78, 5) is 43.3. The quantitative estimate of drug-likeness (QED) is 0.515. The molecule has 0 aromatic heterocycles. The van der Waals surface area contributed by atoms with Crippen LogP contribution in [0, 0.1) is 5.92 Å². The van der Waals surface area contributed by atoms with Gasteiger partial charge in [-0.2, -0.15) is 4.99 Å². The Morgan fingerprint density at radius 2 is 1.91 bits per heavy atom. The first-order valence-electron chi connectivity index (χ1n) is 11.3. The molecule has 2 unspecified atom stereocenters. The third-order valence-corrected chi connectivity index (χ3v) is 7.17. The predicted molar refractivity (Wildman–Crippen MR) is 126 cm³/mol. The van der Waals surface area contributed by atoms with Crippen LogP contribution in [0.25, 0.3) is 0 Å². The van der Waals surface area contributed by atoms with E-state index in [1.807, 2.05) is 0 Å². The highest BCUT2D eigenvalue weighted by molar-refractivity contribution is 8.15. The molecule has 0 bridgehead atoms. The van der Waals surface area contributed by atoms with E-state index in [-0.39, 0.29) is 24.2 Å². The zero-order valence-corrected chi connectivity index (χ0v) is 18.9. The Morgan fingerprint density at radius 1 is 1.12 bits per heavy atom. The number of esters is 1. The van der Waals surface area contributed by atoms with E-state index in [0.717, 1.165) is 50.4 Å². The summed E-state index contributed by atoms with van der Waals surface area (Å²) in [6.45, 7) is 2.27. The summed E-state index contributed by atoms with van der Waals surface area (Å²) in [5, 5.41) is 3.08. The first-order valence-corrected chi connectivity index (χ1v) is 12.2. The van der Waals surface area contributed by atoms with Crippen molar-refractivity contribution >= 4 is 40.4 Å². The van der Waals surface area contributed by atoms with Crippen molar-refractivity contribution in [3.05, 3.63) is 42.0 Å². The number of allylic oxidation sites excluding steroid dienone is 2. The molecule has 2 atom stereocenters. The van der Waals surface area contributed by atoms with E-state index in [9.17, 15) is 14.4 Å². The minimum atomic E-state index is -0.476. The molecule has 4 rings (SSSR count). The molecule has 1 aromatic rings. The Balaban J connectivity index is 1.22. The van der Waals surface area contributed by atoms with Crippen molar-refractivity contribution in [1.82, 2.24) is 4.90 Å². The molecule has 1 aliphatic carbocycles. The summed E-state index contributed by atoms with van der Waals surface area (Å²) in [6.07, 6.45) is 10.8. The van der Waals surface area contributed by atoms with Crippen LogP contribution in [0.2, 0.25) is 0 Å². The molecule has 0 spiro atoms. The maximum Gasteiger partial charge on any atom is 0.338 e. The van der Waals surface area contributed by atoms with Crippen molar-refractivity contribution in [1.29, 1.82) is 0 Å². The first kappa shape index (κ1) is 22.6. The molecule has 2 heterocycles. The second-order valence-electron chi connectivity index (χ2n) is 8.47. The first-order chi connectivity index (χ1) is 15.6. The van der Waals surface area contributed by atoms with Crippen molar-refractivity contribution in [2.24, 2.45) is 10.9 Å². The van der Waals surface area contributed by atoms with Gasteiger partial charge in [0.15, 0.2) is 5.17 Å². The number of rotatable bonds is 6. The molecule has 8 heteroatoms. The number of anilines is 1. The average Bonchev–Trinajstić information content (AvgIpc) is 3.19. The van der Waals surface area contributed by atoms with Crippen LogP contribution in [0.4, 0.5) is 5.69 Å². The molecule has 170 valence electrons. The van der Waals surface area contributed by atoms with E-state index in [1.165, 1.54) is 18.2 Å². The molecule has 1 saturated heterocycles. The van der Waals surface area contributed by atoms with Gasteiger partial charge in [-0.05, 0) is 68.7 Å². The van der Waals surface area contributed by atoms with E-state index in [2.05, 4.69) is 27.4 Å². The molecule has 3 aliphatic rings. The number of likely N-dealkylation sites (tertiary alicyclic amines) is 1. The van der Waals surface area contributed by atoms with Gasteiger partial charge in [0, 0.05) is 25.2 Å². The lowest BCUT2D eigenvalue weighted by Crippen LogP contribution is -2.33. The number of carbonyl (C=O) groups excluding carboxylic acids is 3. The van der Waals surface area contributed by atoms with Crippen LogP contribution < -0.4 is 5.32 Å². The Bertz CT molecular complexity index is 906.